The van der Waals surface area contributed by atoms with E-state index >= 15 is 0 Å². The van der Waals surface area contributed by atoms with Crippen LogP contribution >= 0.6 is 0 Å². The Kier molecular flexibility index (Phi) is 10.8. The van der Waals surface area contributed by atoms with Crippen LogP contribution in [0.25, 0.3) is 33.4 Å². The van der Waals surface area contributed by atoms with Gasteiger partial charge in [-0.05, 0) is 72.6 Å². The first kappa shape index (κ1) is 39.7. The van der Waals surface area contributed by atoms with Gasteiger partial charge < -0.3 is 19.7 Å². The summed E-state index contributed by atoms with van der Waals surface area (Å²) >= 11 is 0. The van der Waals surface area contributed by atoms with Gasteiger partial charge in [0.15, 0.2) is 4.90 Å². The summed E-state index contributed by atoms with van der Waals surface area (Å²) in [4.78, 5) is 27.9. The standard InChI is InChI=1S/C37H31N3O13S3/c1-40(18-4-7-35(41)42)37(43)28-6-3-2-5-27(28)36-29-17-12-24(38-22-8-13-25(14-9-22)54(44,45)46)19-32(29)53-33-21-31(34(20-30(33)36)56(50,51)52)39-23-10-15-26(16-11-23)55(47,48)49/h2-3,5-6,8-17,19-21,38H,4,7,18H2,1H3,(H,41,42)(H,44,45,46)(H,47,48,49)(H,50,51,52)/p+1. The van der Waals surface area contributed by atoms with E-state index in [4.69, 9.17) is 9.52 Å². The fraction of sp³-hybridized carbons (Fsp3) is 0.108. The van der Waals surface area contributed by atoms with Gasteiger partial charge >= 0.3 is 16.1 Å². The number of carbonyl (C=O) groups excluding carboxylic acids is 1. The monoisotopic (exact) mass is 822 g/mol. The highest BCUT2D eigenvalue weighted by atomic mass is 32.2. The number of carbonyl (C=O) groups is 2. The Labute approximate surface area is 320 Å². The van der Waals surface area contributed by atoms with Gasteiger partial charge in [-0.25, -0.2) is 4.99 Å². The molecule has 290 valence electrons. The molecule has 16 nitrogen and oxygen atoms in total. The lowest BCUT2D eigenvalue weighted by molar-refractivity contribution is -0.405. The highest BCUT2D eigenvalue weighted by Gasteiger charge is 2.28. The number of nitrogens with zero attached hydrogens (tertiary/aromatic N) is 1. The molecule has 6 rings (SSSR count). The summed E-state index contributed by atoms with van der Waals surface area (Å²) in [5.41, 5.74) is 2.34. The first-order chi connectivity index (χ1) is 26.3. The average Bonchev–Trinajstić information content (AvgIpc) is 3.12. The van der Waals surface area contributed by atoms with E-state index in [1.54, 1.807) is 42.5 Å². The van der Waals surface area contributed by atoms with Crippen LogP contribution in [-0.2, 0) is 35.1 Å². The lowest BCUT2D eigenvalue weighted by atomic mass is 9.90. The summed E-state index contributed by atoms with van der Waals surface area (Å²) in [5, 5.41) is 12.4. The molecule has 1 aliphatic heterocycles. The van der Waals surface area contributed by atoms with Crippen molar-refractivity contribution in [3.8, 4) is 22.5 Å². The number of hydrogen-bond acceptors (Lipinski definition) is 10. The third kappa shape index (κ3) is 8.78. The van der Waals surface area contributed by atoms with Gasteiger partial charge in [-0.1, -0.05) is 18.2 Å². The quantitative estimate of drug-likeness (QED) is 0.0755. The first-order valence-electron chi connectivity index (χ1n) is 16.4. The van der Waals surface area contributed by atoms with Crippen LogP contribution in [0.15, 0.2) is 122 Å². The fourth-order valence-electron chi connectivity index (χ4n) is 6.00. The molecule has 0 unspecified atom stereocenters. The second kappa shape index (κ2) is 15.3. The SMILES string of the molecule is CN(CCCC(=O)O)C(=O)c1ccccc1-c1c2cc(S(=O)(=O)O)c(=[NH+]c3ccc(S(=O)(=O)O)cc3)cc-2oc2cc(Nc3ccc(S(=O)(=O)O)cc3)ccc12. The smallest absolute Gasteiger partial charge is 0.303 e. The predicted octanol–water partition coefficient (Wildman–Crippen LogP) is 3.94. The zero-order chi connectivity index (χ0) is 40.6. The van der Waals surface area contributed by atoms with Gasteiger partial charge in [0.05, 0.1) is 15.9 Å². The highest BCUT2D eigenvalue weighted by molar-refractivity contribution is 7.86. The summed E-state index contributed by atoms with van der Waals surface area (Å²) in [6.07, 6.45) is 0.0331. The topological polar surface area (TPSA) is 260 Å². The van der Waals surface area contributed by atoms with Gasteiger partial charge in [0.25, 0.3) is 26.1 Å². The molecular formula is C37H32N3O13S3+. The Morgan fingerprint density at radius 1 is 0.732 bits per heavy atom. The van der Waals surface area contributed by atoms with E-state index in [0.29, 0.717) is 27.9 Å². The molecule has 1 aliphatic carbocycles. The number of hydrogen-bond donors (Lipinski definition) is 6. The van der Waals surface area contributed by atoms with Crippen molar-refractivity contribution in [1.29, 1.82) is 0 Å². The van der Waals surface area contributed by atoms with Crippen molar-refractivity contribution < 1.29 is 63.0 Å². The molecule has 6 N–H and O–H groups in total. The Bertz CT molecular complexity index is 2890. The van der Waals surface area contributed by atoms with Crippen LogP contribution in [0.2, 0.25) is 0 Å². The van der Waals surface area contributed by atoms with Gasteiger partial charge in [0.2, 0.25) is 11.0 Å². The number of carboxylic acids is 1. The van der Waals surface area contributed by atoms with Crippen LogP contribution in [0.3, 0.4) is 0 Å². The molecule has 0 bridgehead atoms. The Morgan fingerprint density at radius 3 is 1.95 bits per heavy atom. The van der Waals surface area contributed by atoms with E-state index < -0.39 is 52.0 Å². The Morgan fingerprint density at radius 2 is 1.34 bits per heavy atom. The van der Waals surface area contributed by atoms with Crippen molar-refractivity contribution >= 4 is 70.3 Å². The molecule has 1 amide bonds. The van der Waals surface area contributed by atoms with Gasteiger partial charge in [0.1, 0.15) is 11.3 Å². The molecule has 0 fully saturated rings. The number of aliphatic carboxylic acids is 1. The fourth-order valence-corrected chi connectivity index (χ4v) is 7.62. The minimum absolute atomic E-state index is 0.0728. The number of benzene rings is 5. The third-order valence-electron chi connectivity index (χ3n) is 8.63. The average molecular weight is 823 g/mol. The van der Waals surface area contributed by atoms with Gasteiger partial charge in [0, 0.05) is 71.7 Å². The van der Waals surface area contributed by atoms with Crippen LogP contribution in [-0.4, -0.2) is 74.4 Å². The van der Waals surface area contributed by atoms with Crippen molar-refractivity contribution in [3.63, 3.8) is 0 Å². The van der Waals surface area contributed by atoms with Crippen LogP contribution in [0.4, 0.5) is 17.1 Å². The molecule has 4 aromatic carbocycles. The molecule has 0 atom stereocenters. The molecule has 0 radical (unpaired) electrons. The van der Waals surface area contributed by atoms with Crippen LogP contribution < -0.4 is 15.7 Å². The van der Waals surface area contributed by atoms with Gasteiger partial charge in [-0.15, -0.1) is 0 Å². The molecule has 0 spiro atoms. The minimum atomic E-state index is -4.97. The minimum Gasteiger partial charge on any atom is -0.481 e. The van der Waals surface area contributed by atoms with E-state index in [9.17, 15) is 48.5 Å². The van der Waals surface area contributed by atoms with E-state index in [-0.39, 0.29) is 57.8 Å². The number of anilines is 2. The predicted molar refractivity (Wildman–Crippen MR) is 201 cm³/mol. The van der Waals surface area contributed by atoms with Crippen LogP contribution in [0, 0.1) is 0 Å². The van der Waals surface area contributed by atoms with Crippen molar-refractivity contribution in [3.05, 3.63) is 114 Å². The van der Waals surface area contributed by atoms with Gasteiger partial charge in [-0.2, -0.15) is 25.3 Å². The molecule has 0 aromatic heterocycles. The maximum absolute atomic E-state index is 13.9. The number of carboxylic acid groups (broad SMARTS) is 1. The molecule has 0 saturated heterocycles. The highest BCUT2D eigenvalue weighted by Crippen LogP contribution is 2.43. The molecule has 0 saturated carbocycles. The molecule has 19 heteroatoms. The zero-order valence-corrected chi connectivity index (χ0v) is 31.5. The van der Waals surface area contributed by atoms with Crippen LogP contribution in [0.5, 0.6) is 0 Å². The van der Waals surface area contributed by atoms with E-state index in [0.717, 1.165) is 12.1 Å². The summed E-state index contributed by atoms with van der Waals surface area (Å²) in [6.45, 7) is 0.123. The van der Waals surface area contributed by atoms with Crippen molar-refractivity contribution in [2.75, 3.05) is 18.9 Å². The van der Waals surface area contributed by atoms with Gasteiger partial charge in [-0.3, -0.25) is 23.2 Å². The Balaban J connectivity index is 1.59. The van der Waals surface area contributed by atoms with Crippen molar-refractivity contribution in [2.45, 2.75) is 27.5 Å². The summed E-state index contributed by atoms with van der Waals surface area (Å²) < 4.78 is 108. The van der Waals surface area contributed by atoms with E-state index in [1.807, 2.05) is 0 Å². The zero-order valence-electron chi connectivity index (χ0n) is 29.1. The largest absolute Gasteiger partial charge is 0.481 e. The number of amides is 1. The van der Waals surface area contributed by atoms with Crippen molar-refractivity contribution in [2.24, 2.45) is 0 Å². The van der Waals surface area contributed by atoms with Crippen molar-refractivity contribution in [1.82, 2.24) is 4.90 Å². The molecule has 56 heavy (non-hydrogen) atoms. The van der Waals surface area contributed by atoms with E-state index in [2.05, 4.69) is 10.3 Å². The first-order valence-corrected chi connectivity index (χ1v) is 20.7. The Hall–Kier alpha value is -5.96. The second-order valence-electron chi connectivity index (χ2n) is 12.5. The van der Waals surface area contributed by atoms with E-state index in [1.165, 1.54) is 60.5 Å². The molecule has 1 heterocycles. The number of rotatable bonds is 12. The second-order valence-corrected chi connectivity index (χ2v) is 16.8. The van der Waals surface area contributed by atoms with Crippen LogP contribution in [0.1, 0.15) is 23.2 Å². The number of fused-ring (bicyclic) bond motifs is 2. The summed E-state index contributed by atoms with van der Waals surface area (Å²) in [6, 6.07) is 23.9. The normalized spacial score (nSPS) is 12.5. The molecular weight excluding hydrogens is 791 g/mol. The number of nitrogens with one attached hydrogen (secondary N) is 2. The summed E-state index contributed by atoms with van der Waals surface area (Å²) in [7, 11) is -12.4. The maximum atomic E-state index is 13.9. The third-order valence-corrected chi connectivity index (χ3v) is 11.3. The molecule has 2 aliphatic rings. The maximum Gasteiger partial charge on any atom is 0.303 e. The molecule has 4 aromatic rings. The lowest BCUT2D eigenvalue weighted by Crippen LogP contribution is -2.71. The summed E-state index contributed by atoms with van der Waals surface area (Å²) in [5.74, 6) is -1.40. The lowest BCUT2D eigenvalue weighted by Gasteiger charge is -2.21.